The Balaban J connectivity index is 1.84. The normalized spacial score (nSPS) is 19.6. The number of imidazole rings is 1. The number of halogens is 1. The van der Waals surface area contributed by atoms with Gasteiger partial charge in [-0.15, -0.1) is 0 Å². The molecule has 3 rings (SSSR count). The first-order chi connectivity index (χ1) is 11.4. The van der Waals surface area contributed by atoms with Crippen molar-refractivity contribution in [1.82, 2.24) is 14.5 Å². The molecule has 8 heteroatoms. The van der Waals surface area contributed by atoms with Gasteiger partial charge in [0.1, 0.15) is 0 Å². The molecule has 1 saturated heterocycles. The van der Waals surface area contributed by atoms with Crippen molar-refractivity contribution in [2.75, 3.05) is 12.3 Å². The molecule has 6 nitrogen and oxygen atoms in total. The maximum absolute atomic E-state index is 12.5. The number of aromatic nitrogens is 2. The highest BCUT2D eigenvalue weighted by Crippen LogP contribution is 2.31. The van der Waals surface area contributed by atoms with Gasteiger partial charge in [0.05, 0.1) is 18.1 Å². The van der Waals surface area contributed by atoms with Gasteiger partial charge < -0.3 is 9.47 Å². The van der Waals surface area contributed by atoms with Crippen LogP contribution in [0.1, 0.15) is 18.0 Å². The minimum absolute atomic E-state index is 0.0470. The predicted molar refractivity (Wildman–Crippen MR) is 90.9 cm³/mol. The fourth-order valence-electron chi connectivity index (χ4n) is 3.16. The van der Waals surface area contributed by atoms with Crippen LogP contribution in [0.15, 0.2) is 49.1 Å². The first kappa shape index (κ1) is 17.0. The lowest BCUT2D eigenvalue weighted by Gasteiger charge is -2.29. The molecule has 24 heavy (non-hydrogen) atoms. The number of benzene rings is 1. The third-order valence-electron chi connectivity index (χ3n) is 4.18. The van der Waals surface area contributed by atoms with Crippen LogP contribution < -0.4 is 0 Å². The van der Waals surface area contributed by atoms with Gasteiger partial charge in [0.25, 0.3) is 0 Å². The third kappa shape index (κ3) is 4.15. The smallest absolute Gasteiger partial charge is 0.232 e. The minimum atomic E-state index is -3.62. The van der Waals surface area contributed by atoms with E-state index in [0.717, 1.165) is 5.56 Å². The molecule has 0 N–H and O–H groups in total. The van der Waals surface area contributed by atoms with Crippen molar-refractivity contribution in [2.24, 2.45) is 5.92 Å². The molecule has 0 bridgehead atoms. The summed E-state index contributed by atoms with van der Waals surface area (Å²) in [5.74, 6) is -0.494. The summed E-state index contributed by atoms with van der Waals surface area (Å²) in [5, 5.41) is 0. The molecule has 2 atom stereocenters. The van der Waals surface area contributed by atoms with Crippen LogP contribution in [0.3, 0.4) is 0 Å². The van der Waals surface area contributed by atoms with Crippen LogP contribution >= 0.6 is 10.7 Å². The zero-order chi connectivity index (χ0) is 17.2. The molecule has 0 radical (unpaired) electrons. The van der Waals surface area contributed by atoms with E-state index in [4.69, 9.17) is 10.7 Å². The summed E-state index contributed by atoms with van der Waals surface area (Å²) in [6, 6.07) is 9.55. The third-order valence-corrected chi connectivity index (χ3v) is 5.42. The van der Waals surface area contributed by atoms with Gasteiger partial charge in [-0.25, -0.2) is 13.4 Å². The molecule has 1 amide bonds. The van der Waals surface area contributed by atoms with E-state index in [0.29, 0.717) is 13.1 Å². The van der Waals surface area contributed by atoms with E-state index in [1.54, 1.807) is 17.4 Å². The fourth-order valence-corrected chi connectivity index (χ4v) is 4.48. The summed E-state index contributed by atoms with van der Waals surface area (Å²) in [4.78, 5) is 18.3. The summed E-state index contributed by atoms with van der Waals surface area (Å²) < 4.78 is 24.6. The number of amides is 1. The van der Waals surface area contributed by atoms with Gasteiger partial charge >= 0.3 is 0 Å². The first-order valence-corrected chi connectivity index (χ1v) is 10.1. The van der Waals surface area contributed by atoms with Crippen LogP contribution in [0.25, 0.3) is 0 Å². The highest BCUT2D eigenvalue weighted by atomic mass is 35.7. The summed E-state index contributed by atoms with van der Waals surface area (Å²) in [6.07, 6.45) is 5.45. The molecule has 2 unspecified atom stereocenters. The van der Waals surface area contributed by atoms with Gasteiger partial charge in [0, 0.05) is 48.5 Å². The molecule has 0 aliphatic carbocycles. The molecule has 2 heterocycles. The highest BCUT2D eigenvalue weighted by Gasteiger charge is 2.36. The molecule has 1 fully saturated rings. The maximum Gasteiger partial charge on any atom is 0.232 e. The van der Waals surface area contributed by atoms with Crippen molar-refractivity contribution in [2.45, 2.75) is 19.0 Å². The van der Waals surface area contributed by atoms with Gasteiger partial charge in [-0.2, -0.15) is 0 Å². The molecule has 1 aromatic carbocycles. The average molecular weight is 368 g/mol. The molecular weight excluding hydrogens is 350 g/mol. The van der Waals surface area contributed by atoms with Gasteiger partial charge in [-0.1, -0.05) is 30.3 Å². The second kappa shape index (κ2) is 6.94. The van der Waals surface area contributed by atoms with Gasteiger partial charge in [0.2, 0.25) is 15.0 Å². The van der Waals surface area contributed by atoms with Crippen LogP contribution in [-0.4, -0.2) is 41.1 Å². The topological polar surface area (TPSA) is 72.3 Å². The van der Waals surface area contributed by atoms with Gasteiger partial charge in [-0.3, -0.25) is 4.79 Å². The maximum atomic E-state index is 12.5. The molecule has 1 aromatic heterocycles. The zero-order valence-corrected chi connectivity index (χ0v) is 14.5. The Morgan fingerprint density at radius 3 is 2.67 bits per heavy atom. The minimum Gasteiger partial charge on any atom is -0.335 e. The number of rotatable bonds is 6. The molecule has 1 aliphatic rings. The van der Waals surface area contributed by atoms with Crippen molar-refractivity contribution in [3.8, 4) is 0 Å². The molecule has 2 aromatic rings. The van der Waals surface area contributed by atoms with E-state index in [1.807, 2.05) is 41.1 Å². The number of carbonyl (C=O) groups is 1. The van der Waals surface area contributed by atoms with E-state index in [1.165, 1.54) is 0 Å². The Morgan fingerprint density at radius 1 is 1.29 bits per heavy atom. The number of hydrogen-bond acceptors (Lipinski definition) is 4. The number of nitrogens with zero attached hydrogens (tertiary/aromatic N) is 3. The standard InChI is InChI=1S/C16H18ClN3O3S/c17-24(22,23)11-13-8-16(21)20(9-13)15(10-19-7-6-18-12-19)14-4-2-1-3-5-14/h1-7,12-13,15H,8-11H2. The van der Waals surface area contributed by atoms with Gasteiger partial charge in [-0.05, 0) is 5.56 Å². The number of hydrogen-bond donors (Lipinski definition) is 0. The Morgan fingerprint density at radius 2 is 2.04 bits per heavy atom. The SMILES string of the molecule is O=C1CC(CS(=O)(=O)Cl)CN1C(Cn1ccnc1)c1ccccc1. The predicted octanol–water partition coefficient (Wildman–Crippen LogP) is 2.04. The summed E-state index contributed by atoms with van der Waals surface area (Å²) in [6.45, 7) is 0.954. The van der Waals surface area contributed by atoms with Crippen LogP contribution in [0.2, 0.25) is 0 Å². The first-order valence-electron chi connectivity index (χ1n) is 7.65. The van der Waals surface area contributed by atoms with Crippen LogP contribution in [0, 0.1) is 5.92 Å². The monoisotopic (exact) mass is 367 g/mol. The van der Waals surface area contributed by atoms with E-state index in [9.17, 15) is 13.2 Å². The van der Waals surface area contributed by atoms with Crippen LogP contribution in [-0.2, 0) is 20.4 Å². The van der Waals surface area contributed by atoms with E-state index in [2.05, 4.69) is 4.98 Å². The number of carbonyl (C=O) groups excluding carboxylic acids is 1. The van der Waals surface area contributed by atoms with E-state index >= 15 is 0 Å². The van der Waals surface area contributed by atoms with Crippen molar-refractivity contribution < 1.29 is 13.2 Å². The molecular formula is C16H18ClN3O3S. The Kier molecular flexibility index (Phi) is 4.91. The van der Waals surface area contributed by atoms with E-state index in [-0.39, 0.29) is 30.0 Å². The number of likely N-dealkylation sites (tertiary alicyclic amines) is 1. The van der Waals surface area contributed by atoms with Crippen molar-refractivity contribution >= 4 is 25.6 Å². The molecule has 1 aliphatic heterocycles. The molecule has 128 valence electrons. The lowest BCUT2D eigenvalue weighted by molar-refractivity contribution is -0.130. The van der Waals surface area contributed by atoms with E-state index < -0.39 is 9.05 Å². The van der Waals surface area contributed by atoms with Crippen molar-refractivity contribution in [3.63, 3.8) is 0 Å². The fraction of sp³-hybridized carbons (Fsp3) is 0.375. The molecule has 0 spiro atoms. The lowest BCUT2D eigenvalue weighted by atomic mass is 10.1. The Bertz CT molecular complexity index is 793. The second-order valence-electron chi connectivity index (χ2n) is 6.01. The summed E-state index contributed by atoms with van der Waals surface area (Å²) in [7, 11) is 1.73. The zero-order valence-electron chi connectivity index (χ0n) is 13.0. The summed E-state index contributed by atoms with van der Waals surface area (Å²) in [5.41, 5.74) is 1.01. The lowest BCUT2D eigenvalue weighted by Crippen LogP contribution is -2.33. The van der Waals surface area contributed by atoms with Crippen molar-refractivity contribution in [3.05, 3.63) is 54.6 Å². The van der Waals surface area contributed by atoms with Crippen LogP contribution in [0.5, 0.6) is 0 Å². The Hall–Kier alpha value is -1.86. The Labute approximate surface area is 145 Å². The average Bonchev–Trinajstić information content (AvgIpc) is 3.14. The largest absolute Gasteiger partial charge is 0.335 e. The van der Waals surface area contributed by atoms with Crippen molar-refractivity contribution in [1.29, 1.82) is 0 Å². The highest BCUT2D eigenvalue weighted by molar-refractivity contribution is 8.13. The molecule has 0 saturated carbocycles. The quantitative estimate of drug-likeness (QED) is 0.732. The van der Waals surface area contributed by atoms with Crippen LogP contribution in [0.4, 0.5) is 0 Å². The summed E-state index contributed by atoms with van der Waals surface area (Å²) >= 11 is 0. The second-order valence-corrected chi connectivity index (χ2v) is 8.83. The van der Waals surface area contributed by atoms with Gasteiger partial charge in [0.15, 0.2) is 0 Å².